The van der Waals surface area contributed by atoms with E-state index in [2.05, 4.69) is 5.32 Å². The van der Waals surface area contributed by atoms with Crippen LogP contribution in [0.3, 0.4) is 0 Å². The van der Waals surface area contributed by atoms with Gasteiger partial charge in [-0.1, -0.05) is 23.7 Å². The normalized spacial score (nSPS) is 13.6. The SMILES string of the molecule is COc1ccc(Cl)cc1C(=O)Nc1ccc2c(c1)N(S(=O)(=O)c1cccs1)CCC2. The number of rotatable bonds is 5. The number of nitrogens with one attached hydrogen (secondary N) is 1. The Balaban J connectivity index is 1.67. The molecule has 0 fully saturated rings. The molecule has 6 nitrogen and oxygen atoms in total. The Labute approximate surface area is 184 Å². The number of ether oxygens (including phenoxy) is 1. The first-order chi connectivity index (χ1) is 14.4. The van der Waals surface area contributed by atoms with Crippen LogP contribution in [0.1, 0.15) is 22.3 Å². The molecule has 0 saturated carbocycles. The molecule has 2 aromatic carbocycles. The second-order valence-corrected chi connectivity index (χ2v) is 10.2. The smallest absolute Gasteiger partial charge is 0.273 e. The monoisotopic (exact) mass is 462 g/mol. The van der Waals surface area contributed by atoms with Gasteiger partial charge in [-0.3, -0.25) is 9.10 Å². The maximum atomic E-state index is 13.1. The van der Waals surface area contributed by atoms with Gasteiger partial charge in [0.05, 0.1) is 18.4 Å². The number of methoxy groups -OCH3 is 1. The van der Waals surface area contributed by atoms with E-state index in [0.29, 0.717) is 38.5 Å². The van der Waals surface area contributed by atoms with Crippen LogP contribution in [0.5, 0.6) is 5.75 Å². The summed E-state index contributed by atoms with van der Waals surface area (Å²) in [6, 6.07) is 13.5. The third-order valence-electron chi connectivity index (χ3n) is 4.86. The molecule has 0 saturated heterocycles. The number of carbonyl (C=O) groups excluding carboxylic acids is 1. The highest BCUT2D eigenvalue weighted by molar-refractivity contribution is 7.94. The molecular formula is C21H19ClN2O4S2. The molecule has 156 valence electrons. The number of carbonyl (C=O) groups is 1. The van der Waals surface area contributed by atoms with Crippen LogP contribution in [0.15, 0.2) is 58.1 Å². The molecule has 1 aliphatic rings. The quantitative estimate of drug-likeness (QED) is 0.590. The summed E-state index contributed by atoms with van der Waals surface area (Å²) < 4.78 is 33.2. The highest BCUT2D eigenvalue weighted by Gasteiger charge is 2.30. The van der Waals surface area contributed by atoms with Crippen molar-refractivity contribution < 1.29 is 17.9 Å². The predicted molar refractivity (Wildman–Crippen MR) is 120 cm³/mol. The van der Waals surface area contributed by atoms with Crippen molar-refractivity contribution in [2.24, 2.45) is 0 Å². The van der Waals surface area contributed by atoms with E-state index in [1.807, 2.05) is 6.07 Å². The van der Waals surface area contributed by atoms with Crippen molar-refractivity contribution in [1.82, 2.24) is 0 Å². The van der Waals surface area contributed by atoms with E-state index in [0.717, 1.165) is 18.4 Å². The lowest BCUT2D eigenvalue weighted by Gasteiger charge is -2.30. The molecule has 0 radical (unpaired) electrons. The van der Waals surface area contributed by atoms with Gasteiger partial charge in [0.2, 0.25) is 0 Å². The second-order valence-electron chi connectivity index (χ2n) is 6.76. The Hall–Kier alpha value is -2.55. The Morgan fingerprint density at radius 3 is 2.77 bits per heavy atom. The summed E-state index contributed by atoms with van der Waals surface area (Å²) in [6.07, 6.45) is 1.52. The minimum atomic E-state index is -3.64. The van der Waals surface area contributed by atoms with E-state index in [-0.39, 0.29) is 0 Å². The molecule has 30 heavy (non-hydrogen) atoms. The molecule has 3 aromatic rings. The van der Waals surface area contributed by atoms with Crippen molar-refractivity contribution >= 4 is 50.2 Å². The average molecular weight is 463 g/mol. The van der Waals surface area contributed by atoms with Gasteiger partial charge in [-0.2, -0.15) is 0 Å². The Bertz CT molecular complexity index is 1190. The van der Waals surface area contributed by atoms with E-state index < -0.39 is 15.9 Å². The fourth-order valence-corrected chi connectivity index (χ4v) is 6.25. The van der Waals surface area contributed by atoms with Gasteiger partial charge >= 0.3 is 0 Å². The zero-order valence-corrected chi connectivity index (χ0v) is 18.5. The molecule has 2 heterocycles. The number of nitrogens with zero attached hydrogens (tertiary/aromatic N) is 1. The predicted octanol–water partition coefficient (Wildman–Crippen LogP) is 4.80. The van der Waals surface area contributed by atoms with Crippen molar-refractivity contribution in [3.8, 4) is 5.75 Å². The zero-order valence-electron chi connectivity index (χ0n) is 16.1. The van der Waals surface area contributed by atoms with E-state index in [9.17, 15) is 13.2 Å². The van der Waals surface area contributed by atoms with Crippen LogP contribution in [-0.4, -0.2) is 28.0 Å². The minimum absolute atomic E-state index is 0.297. The maximum absolute atomic E-state index is 13.1. The maximum Gasteiger partial charge on any atom is 0.273 e. The molecule has 0 unspecified atom stereocenters. The van der Waals surface area contributed by atoms with Gasteiger partial charge in [0, 0.05) is 17.3 Å². The van der Waals surface area contributed by atoms with Crippen LogP contribution in [0.2, 0.25) is 5.02 Å². The molecule has 1 amide bonds. The van der Waals surface area contributed by atoms with Gasteiger partial charge in [0.25, 0.3) is 15.9 Å². The number of halogens is 1. The summed E-state index contributed by atoms with van der Waals surface area (Å²) in [5, 5.41) is 4.98. The summed E-state index contributed by atoms with van der Waals surface area (Å²) in [5.74, 6) is 0.00883. The molecule has 1 aromatic heterocycles. The number of hydrogen-bond donors (Lipinski definition) is 1. The van der Waals surface area contributed by atoms with E-state index in [1.54, 1.807) is 41.8 Å². The largest absolute Gasteiger partial charge is 0.496 e. The Kier molecular flexibility index (Phi) is 5.73. The fraction of sp³-hybridized carbons (Fsp3) is 0.190. The third-order valence-corrected chi connectivity index (χ3v) is 8.29. The fourth-order valence-electron chi connectivity index (χ4n) is 3.44. The third kappa shape index (κ3) is 3.90. The summed E-state index contributed by atoms with van der Waals surface area (Å²) >= 11 is 7.22. The van der Waals surface area contributed by atoms with Crippen LogP contribution in [0.4, 0.5) is 11.4 Å². The first-order valence-electron chi connectivity index (χ1n) is 9.24. The lowest BCUT2D eigenvalue weighted by atomic mass is 10.0. The van der Waals surface area contributed by atoms with E-state index >= 15 is 0 Å². The van der Waals surface area contributed by atoms with Crippen LogP contribution in [0, 0.1) is 0 Å². The highest BCUT2D eigenvalue weighted by atomic mass is 35.5. The van der Waals surface area contributed by atoms with Crippen molar-refractivity contribution in [2.75, 3.05) is 23.3 Å². The molecule has 1 N–H and O–H groups in total. The lowest BCUT2D eigenvalue weighted by Crippen LogP contribution is -2.35. The average Bonchev–Trinajstić information content (AvgIpc) is 3.29. The van der Waals surface area contributed by atoms with Crippen LogP contribution < -0.4 is 14.4 Å². The summed E-state index contributed by atoms with van der Waals surface area (Å²) in [7, 11) is -2.17. The molecule has 0 spiro atoms. The molecule has 4 rings (SSSR count). The van der Waals surface area contributed by atoms with E-state index in [1.165, 1.54) is 28.8 Å². The van der Waals surface area contributed by atoms with E-state index in [4.69, 9.17) is 16.3 Å². The number of aryl methyl sites for hydroxylation is 1. The number of benzene rings is 2. The summed E-state index contributed by atoms with van der Waals surface area (Å²) in [6.45, 7) is 0.396. The topological polar surface area (TPSA) is 75.7 Å². The Morgan fingerprint density at radius 1 is 1.20 bits per heavy atom. The van der Waals surface area contributed by atoms with Gasteiger partial charge < -0.3 is 10.1 Å². The van der Waals surface area contributed by atoms with Gasteiger partial charge in [-0.05, 0) is 60.2 Å². The first kappa shape index (κ1) is 20.7. The lowest BCUT2D eigenvalue weighted by molar-refractivity contribution is 0.102. The number of thiophene rings is 1. The molecule has 9 heteroatoms. The minimum Gasteiger partial charge on any atom is -0.496 e. The number of anilines is 2. The number of sulfonamides is 1. The summed E-state index contributed by atoms with van der Waals surface area (Å²) in [5.41, 5.74) is 2.31. The van der Waals surface area contributed by atoms with Gasteiger partial charge in [-0.25, -0.2) is 8.42 Å². The number of amides is 1. The van der Waals surface area contributed by atoms with Crippen molar-refractivity contribution in [2.45, 2.75) is 17.1 Å². The molecular weight excluding hydrogens is 444 g/mol. The first-order valence-corrected chi connectivity index (χ1v) is 11.9. The van der Waals surface area contributed by atoms with Gasteiger partial charge in [0.1, 0.15) is 9.96 Å². The van der Waals surface area contributed by atoms with Gasteiger partial charge in [-0.15, -0.1) is 11.3 Å². The molecule has 0 bridgehead atoms. The highest BCUT2D eigenvalue weighted by Crippen LogP contribution is 2.35. The van der Waals surface area contributed by atoms with Crippen molar-refractivity contribution in [3.63, 3.8) is 0 Å². The summed E-state index contributed by atoms with van der Waals surface area (Å²) in [4.78, 5) is 12.8. The number of hydrogen-bond acceptors (Lipinski definition) is 5. The van der Waals surface area contributed by atoms with Crippen LogP contribution in [-0.2, 0) is 16.4 Å². The molecule has 0 aliphatic carbocycles. The standard InChI is InChI=1S/C21H19ClN2O4S2/c1-28-19-9-7-15(22)12-17(19)21(25)23-16-8-6-14-4-2-10-24(18(14)13-16)30(26,27)20-5-3-11-29-20/h3,5-9,11-13H,2,4,10H2,1H3,(H,23,25). The second kappa shape index (κ2) is 8.29. The molecule has 0 atom stereocenters. The van der Waals surface area contributed by atoms with Crippen molar-refractivity contribution in [1.29, 1.82) is 0 Å². The zero-order chi connectivity index (χ0) is 21.3. The Morgan fingerprint density at radius 2 is 2.03 bits per heavy atom. The van der Waals surface area contributed by atoms with Gasteiger partial charge in [0.15, 0.2) is 0 Å². The van der Waals surface area contributed by atoms with Crippen LogP contribution >= 0.6 is 22.9 Å². The van der Waals surface area contributed by atoms with Crippen molar-refractivity contribution in [3.05, 3.63) is 70.1 Å². The molecule has 1 aliphatic heterocycles. The van der Waals surface area contributed by atoms with Crippen LogP contribution in [0.25, 0.3) is 0 Å². The number of fused-ring (bicyclic) bond motifs is 1.